The summed E-state index contributed by atoms with van der Waals surface area (Å²) in [5, 5.41) is 0. The Labute approximate surface area is 369 Å². The van der Waals surface area contributed by atoms with Gasteiger partial charge in [0.15, 0.2) is 6.10 Å². The van der Waals surface area contributed by atoms with Crippen molar-refractivity contribution < 1.29 is 28.6 Å². The van der Waals surface area contributed by atoms with Crippen LogP contribution in [-0.2, 0) is 28.6 Å². The van der Waals surface area contributed by atoms with E-state index in [9.17, 15) is 14.4 Å². The van der Waals surface area contributed by atoms with Gasteiger partial charge in [-0.3, -0.25) is 14.4 Å². The van der Waals surface area contributed by atoms with Crippen LogP contribution in [-0.4, -0.2) is 37.2 Å². The molecular weight excluding hydrogens is 745 g/mol. The lowest BCUT2D eigenvalue weighted by Gasteiger charge is -2.18. The maximum absolute atomic E-state index is 12.8. The summed E-state index contributed by atoms with van der Waals surface area (Å²) in [5.74, 6) is -0.935. The highest BCUT2D eigenvalue weighted by Gasteiger charge is 2.19. The highest BCUT2D eigenvalue weighted by molar-refractivity contribution is 5.71. The summed E-state index contributed by atoms with van der Waals surface area (Å²) in [6, 6.07) is 0. The van der Waals surface area contributed by atoms with Gasteiger partial charge in [0, 0.05) is 19.3 Å². The first kappa shape index (κ1) is 56.6. The molecule has 0 bridgehead atoms. The van der Waals surface area contributed by atoms with Gasteiger partial charge < -0.3 is 14.2 Å². The summed E-state index contributed by atoms with van der Waals surface area (Å²) >= 11 is 0. The molecule has 0 aliphatic carbocycles. The number of unbranched alkanes of at least 4 members (excludes halogenated alkanes) is 18. The van der Waals surface area contributed by atoms with Crippen molar-refractivity contribution in [2.45, 2.75) is 226 Å². The minimum absolute atomic E-state index is 0.0922. The molecule has 0 heterocycles. The smallest absolute Gasteiger partial charge is 0.306 e. The monoisotopic (exact) mass is 835 g/mol. The first-order valence-corrected chi connectivity index (χ1v) is 24.6. The fraction of sp³-hybridized carbons (Fsp3) is 0.685. The van der Waals surface area contributed by atoms with Crippen molar-refractivity contribution in [3.8, 4) is 0 Å². The van der Waals surface area contributed by atoms with Crippen molar-refractivity contribution in [2.24, 2.45) is 0 Å². The highest BCUT2D eigenvalue weighted by atomic mass is 16.6. The number of rotatable bonds is 43. The Kier molecular flexibility index (Phi) is 45.5. The van der Waals surface area contributed by atoms with Crippen LogP contribution in [0.3, 0.4) is 0 Å². The average molecular weight is 835 g/mol. The highest BCUT2D eigenvalue weighted by Crippen LogP contribution is 2.14. The molecule has 6 heteroatoms. The molecule has 1 unspecified atom stereocenters. The third-order valence-corrected chi connectivity index (χ3v) is 10.1. The molecule has 0 saturated heterocycles. The van der Waals surface area contributed by atoms with Gasteiger partial charge in [0.25, 0.3) is 0 Å². The fourth-order valence-electron chi connectivity index (χ4n) is 6.53. The molecule has 0 aliphatic rings. The number of hydrogen-bond acceptors (Lipinski definition) is 6. The maximum atomic E-state index is 12.8. The van der Waals surface area contributed by atoms with Gasteiger partial charge in [-0.05, 0) is 103 Å². The standard InChI is InChI=1S/C54H90O6/c1-4-7-10-13-16-19-22-25-28-31-34-37-40-43-46-52(55)58-49-51(60-54(57)48-45-42-39-36-33-30-27-24-21-18-15-12-9-6-3)50-59-53(56)47-44-41-38-35-32-29-26-23-20-17-14-11-8-5-2/h7-12,16-21,25,28,51H,4-6,13-15,22-24,26-27,29-50H2,1-3H3/b10-7-,11-8-,12-9-,19-16-,20-17-,21-18-,28-25-. The summed E-state index contributed by atoms with van der Waals surface area (Å²) in [5.41, 5.74) is 0. The van der Waals surface area contributed by atoms with E-state index in [0.717, 1.165) is 128 Å². The second kappa shape index (κ2) is 48.3. The zero-order chi connectivity index (χ0) is 43.7. The van der Waals surface area contributed by atoms with E-state index in [1.54, 1.807) is 0 Å². The average Bonchev–Trinajstić information content (AvgIpc) is 3.24. The van der Waals surface area contributed by atoms with Crippen molar-refractivity contribution in [3.63, 3.8) is 0 Å². The molecule has 60 heavy (non-hydrogen) atoms. The SMILES string of the molecule is CC/C=C\C/C=C\C/C=C\CCCCCCC(=O)OCC(COC(=O)CCCCCCCCC/C=C\C/C=C\CC)OC(=O)CCCCCCCCC/C=C\C/C=C\CC. The molecule has 0 saturated carbocycles. The van der Waals surface area contributed by atoms with Crippen LogP contribution >= 0.6 is 0 Å². The van der Waals surface area contributed by atoms with E-state index in [-0.39, 0.29) is 31.1 Å². The molecular formula is C54H90O6. The number of carbonyl (C=O) groups is 3. The molecule has 0 amide bonds. The third kappa shape index (κ3) is 45.7. The zero-order valence-corrected chi connectivity index (χ0v) is 38.9. The van der Waals surface area contributed by atoms with Gasteiger partial charge in [-0.25, -0.2) is 0 Å². The van der Waals surface area contributed by atoms with E-state index in [1.165, 1.54) is 51.4 Å². The minimum Gasteiger partial charge on any atom is -0.462 e. The zero-order valence-electron chi connectivity index (χ0n) is 38.9. The number of allylic oxidation sites excluding steroid dienone is 14. The lowest BCUT2D eigenvalue weighted by Crippen LogP contribution is -2.30. The summed E-state index contributed by atoms with van der Waals surface area (Å²) in [6.07, 6.45) is 61.3. The van der Waals surface area contributed by atoms with E-state index < -0.39 is 6.10 Å². The van der Waals surface area contributed by atoms with Crippen molar-refractivity contribution in [1.82, 2.24) is 0 Å². The van der Waals surface area contributed by atoms with Crippen molar-refractivity contribution in [3.05, 3.63) is 85.1 Å². The molecule has 0 aromatic heterocycles. The fourth-order valence-corrected chi connectivity index (χ4v) is 6.53. The first-order valence-electron chi connectivity index (χ1n) is 24.6. The Hall–Kier alpha value is -3.41. The second-order valence-electron chi connectivity index (χ2n) is 15.9. The Morgan fingerprint density at radius 1 is 0.333 bits per heavy atom. The van der Waals surface area contributed by atoms with E-state index in [2.05, 4.69) is 106 Å². The molecule has 0 radical (unpaired) electrons. The van der Waals surface area contributed by atoms with Crippen LogP contribution in [0.1, 0.15) is 220 Å². The molecule has 0 rings (SSSR count). The van der Waals surface area contributed by atoms with Crippen LogP contribution < -0.4 is 0 Å². The van der Waals surface area contributed by atoms with Gasteiger partial charge in [-0.2, -0.15) is 0 Å². The first-order chi connectivity index (χ1) is 29.5. The summed E-state index contributed by atoms with van der Waals surface area (Å²) in [6.45, 7) is 6.27. The molecule has 0 N–H and O–H groups in total. The van der Waals surface area contributed by atoms with Crippen molar-refractivity contribution in [2.75, 3.05) is 13.2 Å². The summed E-state index contributed by atoms with van der Waals surface area (Å²) in [7, 11) is 0. The lowest BCUT2D eigenvalue weighted by molar-refractivity contribution is -0.167. The number of esters is 3. The van der Waals surface area contributed by atoms with Crippen LogP contribution in [0.5, 0.6) is 0 Å². The van der Waals surface area contributed by atoms with Gasteiger partial charge in [0.1, 0.15) is 13.2 Å². The Morgan fingerprint density at radius 3 is 0.933 bits per heavy atom. The minimum atomic E-state index is -0.792. The van der Waals surface area contributed by atoms with E-state index in [1.807, 2.05) is 0 Å². The van der Waals surface area contributed by atoms with Crippen molar-refractivity contribution in [1.29, 1.82) is 0 Å². The van der Waals surface area contributed by atoms with Gasteiger partial charge in [-0.15, -0.1) is 0 Å². The lowest BCUT2D eigenvalue weighted by atomic mass is 10.1. The topological polar surface area (TPSA) is 78.9 Å². The third-order valence-electron chi connectivity index (χ3n) is 10.1. The second-order valence-corrected chi connectivity index (χ2v) is 15.9. The summed E-state index contributed by atoms with van der Waals surface area (Å²) < 4.78 is 16.7. The van der Waals surface area contributed by atoms with Gasteiger partial charge in [0.2, 0.25) is 0 Å². The van der Waals surface area contributed by atoms with Crippen LogP contribution in [0, 0.1) is 0 Å². The molecule has 0 aromatic rings. The maximum Gasteiger partial charge on any atom is 0.306 e. The quantitative estimate of drug-likeness (QED) is 0.0263. The largest absolute Gasteiger partial charge is 0.462 e. The molecule has 0 fully saturated rings. The number of hydrogen-bond donors (Lipinski definition) is 0. The van der Waals surface area contributed by atoms with Crippen molar-refractivity contribution >= 4 is 17.9 Å². The van der Waals surface area contributed by atoms with Crippen LogP contribution in [0.15, 0.2) is 85.1 Å². The van der Waals surface area contributed by atoms with Gasteiger partial charge in [0.05, 0.1) is 0 Å². The Morgan fingerprint density at radius 2 is 0.600 bits per heavy atom. The number of carbonyl (C=O) groups excluding carboxylic acids is 3. The molecule has 0 spiro atoms. The van der Waals surface area contributed by atoms with Crippen LogP contribution in [0.25, 0.3) is 0 Å². The van der Waals surface area contributed by atoms with E-state index in [4.69, 9.17) is 14.2 Å². The molecule has 0 aromatic carbocycles. The van der Waals surface area contributed by atoms with Crippen LogP contribution in [0.4, 0.5) is 0 Å². The van der Waals surface area contributed by atoms with E-state index in [0.29, 0.717) is 19.3 Å². The van der Waals surface area contributed by atoms with E-state index >= 15 is 0 Å². The Bertz CT molecular complexity index is 1190. The van der Waals surface area contributed by atoms with Gasteiger partial charge >= 0.3 is 17.9 Å². The molecule has 0 aliphatic heterocycles. The normalized spacial score (nSPS) is 12.8. The van der Waals surface area contributed by atoms with Gasteiger partial charge in [-0.1, -0.05) is 183 Å². The molecule has 6 nitrogen and oxygen atoms in total. The van der Waals surface area contributed by atoms with Crippen LogP contribution in [0.2, 0.25) is 0 Å². The number of ether oxygens (including phenoxy) is 3. The predicted molar refractivity (Wildman–Crippen MR) is 256 cm³/mol. The molecule has 342 valence electrons. The molecule has 1 atom stereocenters. The summed E-state index contributed by atoms with van der Waals surface area (Å²) in [4.78, 5) is 37.9. The predicted octanol–water partition coefficient (Wildman–Crippen LogP) is 16.0. The Balaban J connectivity index is 4.44.